The van der Waals surface area contributed by atoms with Gasteiger partial charge in [0.1, 0.15) is 11.5 Å². The molecule has 1 rings (SSSR count). The van der Waals surface area contributed by atoms with Crippen molar-refractivity contribution in [1.82, 2.24) is 0 Å². The van der Waals surface area contributed by atoms with E-state index >= 15 is 0 Å². The van der Waals surface area contributed by atoms with Crippen LogP contribution in [-0.4, -0.2) is 16.0 Å². The van der Waals surface area contributed by atoms with Crippen molar-refractivity contribution in [2.24, 2.45) is 0 Å². The van der Waals surface area contributed by atoms with Crippen LogP contribution < -0.4 is 0 Å². The highest BCUT2D eigenvalue weighted by Crippen LogP contribution is 2.29. The van der Waals surface area contributed by atoms with Crippen LogP contribution in [0.2, 0.25) is 0 Å². The summed E-state index contributed by atoms with van der Waals surface area (Å²) >= 11 is 1.18. The first-order chi connectivity index (χ1) is 7.00. The van der Waals surface area contributed by atoms with Crippen molar-refractivity contribution in [3.8, 4) is 5.75 Å². The molecule has 0 amide bonds. The summed E-state index contributed by atoms with van der Waals surface area (Å²) in [6.07, 6.45) is 0. The Hall–Kier alpha value is -1.42. The van der Waals surface area contributed by atoms with E-state index < -0.39 is 0 Å². The molecule has 0 aliphatic heterocycles. The van der Waals surface area contributed by atoms with Crippen LogP contribution >= 0.6 is 11.8 Å². The van der Waals surface area contributed by atoms with Gasteiger partial charge in [0.05, 0.1) is 4.91 Å². The largest absolute Gasteiger partial charge is 0.511 e. The van der Waals surface area contributed by atoms with Crippen LogP contribution in [0.25, 0.3) is 0 Å². The number of phenolic OH excluding ortho intramolecular Hbond substituents is 1. The molecule has 0 atom stereocenters. The average Bonchev–Trinajstić information content (AvgIpc) is 2.15. The van der Waals surface area contributed by atoms with Crippen LogP contribution in [0.1, 0.15) is 13.8 Å². The fraction of sp³-hybridized carbons (Fsp3) is 0.182. The molecule has 1 aromatic rings. The Labute approximate surface area is 92.4 Å². The molecule has 3 nitrogen and oxygen atoms in total. The Bertz CT molecular complexity index is 389. The average molecular weight is 224 g/mol. The molecule has 0 spiro atoms. The highest BCUT2D eigenvalue weighted by Gasteiger charge is 2.09. The van der Waals surface area contributed by atoms with Crippen LogP contribution in [0, 0.1) is 0 Å². The lowest BCUT2D eigenvalue weighted by molar-refractivity contribution is -0.113. The third-order valence-electron chi connectivity index (χ3n) is 1.71. The molecule has 80 valence electrons. The van der Waals surface area contributed by atoms with Crippen molar-refractivity contribution in [2.75, 3.05) is 0 Å². The highest BCUT2D eigenvalue weighted by atomic mass is 32.2. The van der Waals surface area contributed by atoms with E-state index in [1.807, 2.05) is 0 Å². The van der Waals surface area contributed by atoms with Gasteiger partial charge in [-0.05, 0) is 38.1 Å². The maximum Gasteiger partial charge on any atom is 0.169 e. The third kappa shape index (κ3) is 3.32. The Balaban J connectivity index is 2.90. The number of aromatic hydroxyl groups is 1. The highest BCUT2D eigenvalue weighted by molar-refractivity contribution is 8.04. The maximum absolute atomic E-state index is 11.2. The molecule has 4 heteroatoms. The summed E-state index contributed by atoms with van der Waals surface area (Å²) in [4.78, 5) is 12.3. The van der Waals surface area contributed by atoms with E-state index in [0.29, 0.717) is 4.91 Å². The number of carbonyl (C=O) groups excluding carboxylic acids is 1. The van der Waals surface area contributed by atoms with Crippen molar-refractivity contribution < 1.29 is 15.0 Å². The van der Waals surface area contributed by atoms with Crippen LogP contribution in [-0.2, 0) is 4.79 Å². The Kier molecular flexibility index (Phi) is 3.80. The van der Waals surface area contributed by atoms with Crippen LogP contribution in [0.5, 0.6) is 5.75 Å². The number of hydrogen-bond donors (Lipinski definition) is 2. The zero-order valence-corrected chi connectivity index (χ0v) is 9.34. The number of ketones is 1. The summed E-state index contributed by atoms with van der Waals surface area (Å²) < 4.78 is 0. The summed E-state index contributed by atoms with van der Waals surface area (Å²) in [5.41, 5.74) is 0. The monoisotopic (exact) mass is 224 g/mol. The molecule has 0 heterocycles. The molecule has 1 aromatic carbocycles. The van der Waals surface area contributed by atoms with Crippen molar-refractivity contribution in [2.45, 2.75) is 18.7 Å². The van der Waals surface area contributed by atoms with Gasteiger partial charge in [0.15, 0.2) is 5.78 Å². The standard InChI is InChI=1S/C11H12O3S/c1-7(12)11(8(2)13)15-10-5-3-9(14)4-6-10/h3-6,12,14H,1-2H3. The molecular formula is C11H12O3S. The molecule has 0 saturated heterocycles. The van der Waals surface area contributed by atoms with Crippen molar-refractivity contribution in [3.05, 3.63) is 34.9 Å². The summed E-state index contributed by atoms with van der Waals surface area (Å²) in [6.45, 7) is 2.88. The molecule has 0 saturated carbocycles. The number of aliphatic hydroxyl groups excluding tert-OH is 1. The van der Waals surface area contributed by atoms with Gasteiger partial charge in [-0.2, -0.15) is 0 Å². The molecule has 0 aliphatic rings. The van der Waals surface area contributed by atoms with E-state index in [4.69, 9.17) is 5.11 Å². The van der Waals surface area contributed by atoms with E-state index in [9.17, 15) is 9.90 Å². The number of allylic oxidation sites excluding steroid dienone is 2. The number of carbonyl (C=O) groups is 1. The molecule has 0 aromatic heterocycles. The Morgan fingerprint density at radius 1 is 1.20 bits per heavy atom. The predicted octanol–water partition coefficient (Wildman–Crippen LogP) is 2.86. The SMILES string of the molecule is CC(=O)C(Sc1ccc(O)cc1)=C(C)O. The number of benzene rings is 1. The Morgan fingerprint density at radius 3 is 2.13 bits per heavy atom. The van der Waals surface area contributed by atoms with Gasteiger partial charge in [-0.3, -0.25) is 4.79 Å². The van der Waals surface area contributed by atoms with Gasteiger partial charge in [0.25, 0.3) is 0 Å². The smallest absolute Gasteiger partial charge is 0.169 e. The fourth-order valence-corrected chi connectivity index (χ4v) is 1.83. The first-order valence-electron chi connectivity index (χ1n) is 4.38. The van der Waals surface area contributed by atoms with Gasteiger partial charge >= 0.3 is 0 Å². The van der Waals surface area contributed by atoms with Crippen molar-refractivity contribution >= 4 is 17.5 Å². The molecule has 0 unspecified atom stereocenters. The van der Waals surface area contributed by atoms with Crippen LogP contribution in [0.4, 0.5) is 0 Å². The second kappa shape index (κ2) is 4.89. The summed E-state index contributed by atoms with van der Waals surface area (Å²) in [5.74, 6) is 0.0158. The fourth-order valence-electron chi connectivity index (χ4n) is 1.03. The van der Waals surface area contributed by atoms with Gasteiger partial charge in [-0.15, -0.1) is 0 Å². The first kappa shape index (κ1) is 11.7. The van der Waals surface area contributed by atoms with Crippen molar-refractivity contribution in [1.29, 1.82) is 0 Å². The first-order valence-corrected chi connectivity index (χ1v) is 5.20. The molecule has 15 heavy (non-hydrogen) atoms. The second-order valence-electron chi connectivity index (χ2n) is 3.07. The summed E-state index contributed by atoms with van der Waals surface area (Å²) in [5, 5.41) is 18.4. The lowest BCUT2D eigenvalue weighted by Crippen LogP contribution is -1.95. The third-order valence-corrected chi connectivity index (χ3v) is 3.00. The van der Waals surface area contributed by atoms with E-state index in [2.05, 4.69) is 0 Å². The van der Waals surface area contributed by atoms with Gasteiger partial charge in [0, 0.05) is 4.90 Å². The molecule has 0 radical (unpaired) electrons. The predicted molar refractivity (Wildman–Crippen MR) is 60.0 cm³/mol. The number of aliphatic hydroxyl groups is 1. The quantitative estimate of drug-likeness (QED) is 0.471. The number of Topliss-reactive ketones (excluding diaryl/α,β-unsaturated/α-hetero) is 1. The van der Waals surface area contributed by atoms with Gasteiger partial charge in [0.2, 0.25) is 0 Å². The van der Waals surface area contributed by atoms with E-state index in [0.717, 1.165) is 4.90 Å². The van der Waals surface area contributed by atoms with Crippen LogP contribution in [0.15, 0.2) is 39.8 Å². The van der Waals surface area contributed by atoms with Gasteiger partial charge in [-0.25, -0.2) is 0 Å². The summed E-state index contributed by atoms with van der Waals surface area (Å²) in [6, 6.07) is 6.44. The summed E-state index contributed by atoms with van der Waals surface area (Å²) in [7, 11) is 0. The van der Waals surface area contributed by atoms with Crippen LogP contribution in [0.3, 0.4) is 0 Å². The molecule has 0 bridgehead atoms. The van der Waals surface area contributed by atoms with Gasteiger partial charge < -0.3 is 10.2 Å². The second-order valence-corrected chi connectivity index (χ2v) is 4.15. The number of hydrogen-bond acceptors (Lipinski definition) is 4. The van der Waals surface area contributed by atoms with E-state index in [-0.39, 0.29) is 17.3 Å². The topological polar surface area (TPSA) is 57.5 Å². The molecule has 0 fully saturated rings. The van der Waals surface area contributed by atoms with E-state index in [1.54, 1.807) is 12.1 Å². The number of phenols is 1. The molecule has 2 N–H and O–H groups in total. The minimum absolute atomic E-state index is 0.0144. The minimum Gasteiger partial charge on any atom is -0.511 e. The minimum atomic E-state index is -0.173. The van der Waals surface area contributed by atoms with Gasteiger partial charge in [-0.1, -0.05) is 11.8 Å². The number of rotatable bonds is 3. The Morgan fingerprint density at radius 2 is 1.73 bits per heavy atom. The van der Waals surface area contributed by atoms with Crippen molar-refractivity contribution in [3.63, 3.8) is 0 Å². The van der Waals surface area contributed by atoms with E-state index in [1.165, 1.54) is 37.7 Å². The lowest BCUT2D eigenvalue weighted by Gasteiger charge is -2.04. The normalized spacial score (nSPS) is 12.1. The number of thioether (sulfide) groups is 1. The zero-order chi connectivity index (χ0) is 11.4. The zero-order valence-electron chi connectivity index (χ0n) is 8.52. The lowest BCUT2D eigenvalue weighted by atomic mass is 10.3. The maximum atomic E-state index is 11.2. The molecular weight excluding hydrogens is 212 g/mol. The molecule has 0 aliphatic carbocycles.